The summed E-state index contributed by atoms with van der Waals surface area (Å²) in [6.07, 6.45) is 3.53. The molecule has 1 atom stereocenters. The molecule has 0 aliphatic carbocycles. The number of H-pyrrole nitrogens is 1. The lowest BCUT2D eigenvalue weighted by molar-refractivity contribution is -0.129. The fraction of sp³-hybridized carbons (Fsp3) is 0.333. The van der Waals surface area contributed by atoms with Gasteiger partial charge in [-0.1, -0.05) is 62.4 Å². The van der Waals surface area contributed by atoms with Crippen LogP contribution in [-0.4, -0.2) is 29.4 Å². The second-order valence-corrected chi connectivity index (χ2v) is 7.81. The molecule has 0 fully saturated rings. The quantitative estimate of drug-likeness (QED) is 0.521. The van der Waals surface area contributed by atoms with Crippen molar-refractivity contribution >= 4 is 22.7 Å². The Kier molecular flexibility index (Phi) is 7.06. The van der Waals surface area contributed by atoms with Gasteiger partial charge in [0.1, 0.15) is 6.04 Å². The Morgan fingerprint density at radius 2 is 1.72 bits per heavy atom. The zero-order chi connectivity index (χ0) is 20.6. The van der Waals surface area contributed by atoms with Crippen molar-refractivity contribution in [2.75, 3.05) is 6.54 Å². The summed E-state index contributed by atoms with van der Waals surface area (Å²) in [7, 11) is 0. The molecule has 0 spiro atoms. The lowest BCUT2D eigenvalue weighted by atomic mass is 10.0. The molecule has 0 aliphatic heterocycles. The van der Waals surface area contributed by atoms with E-state index in [-0.39, 0.29) is 17.7 Å². The van der Waals surface area contributed by atoms with E-state index in [1.54, 1.807) is 0 Å². The maximum absolute atomic E-state index is 12.9. The van der Waals surface area contributed by atoms with Crippen LogP contribution in [0.25, 0.3) is 10.9 Å². The number of rotatable bonds is 9. The van der Waals surface area contributed by atoms with Crippen molar-refractivity contribution in [3.05, 3.63) is 71.9 Å². The number of carbonyl (C=O) groups excluding carboxylic acids is 2. The van der Waals surface area contributed by atoms with Gasteiger partial charge >= 0.3 is 0 Å². The summed E-state index contributed by atoms with van der Waals surface area (Å²) in [5.41, 5.74) is 3.22. The van der Waals surface area contributed by atoms with Crippen LogP contribution < -0.4 is 10.6 Å². The van der Waals surface area contributed by atoms with Crippen LogP contribution in [0.1, 0.15) is 31.4 Å². The van der Waals surface area contributed by atoms with E-state index in [0.717, 1.165) is 22.9 Å². The first-order valence-electron chi connectivity index (χ1n) is 10.2. The number of amides is 2. The van der Waals surface area contributed by atoms with Gasteiger partial charge in [-0.3, -0.25) is 9.59 Å². The molecule has 3 rings (SSSR count). The summed E-state index contributed by atoms with van der Waals surface area (Å²) in [6, 6.07) is 17.4. The molecule has 29 heavy (non-hydrogen) atoms. The molecular weight excluding hydrogens is 362 g/mol. The molecule has 0 radical (unpaired) electrons. The summed E-state index contributed by atoms with van der Waals surface area (Å²) in [6.45, 7) is 4.52. The van der Waals surface area contributed by atoms with Crippen LogP contribution in [-0.2, 0) is 22.4 Å². The van der Waals surface area contributed by atoms with Gasteiger partial charge in [0.05, 0.1) is 0 Å². The van der Waals surface area contributed by atoms with Crippen LogP contribution in [0.3, 0.4) is 0 Å². The Hall–Kier alpha value is -3.08. The fourth-order valence-electron chi connectivity index (χ4n) is 3.45. The smallest absolute Gasteiger partial charge is 0.242 e. The van der Waals surface area contributed by atoms with Crippen molar-refractivity contribution < 1.29 is 9.59 Å². The number of aromatic amines is 1. The Labute approximate surface area is 171 Å². The maximum atomic E-state index is 12.9. The lowest BCUT2D eigenvalue weighted by Gasteiger charge is -2.19. The number of para-hydroxylation sites is 1. The van der Waals surface area contributed by atoms with Gasteiger partial charge in [0, 0.05) is 36.5 Å². The van der Waals surface area contributed by atoms with E-state index in [2.05, 4.69) is 15.6 Å². The average Bonchev–Trinajstić information content (AvgIpc) is 3.10. The van der Waals surface area contributed by atoms with Crippen molar-refractivity contribution in [1.82, 2.24) is 15.6 Å². The minimum absolute atomic E-state index is 0.0944. The molecule has 0 saturated heterocycles. The molecule has 1 heterocycles. The Bertz CT molecular complexity index is 947. The zero-order valence-corrected chi connectivity index (χ0v) is 17.1. The summed E-state index contributed by atoms with van der Waals surface area (Å²) in [5, 5.41) is 7.00. The molecule has 0 aliphatic rings. The van der Waals surface area contributed by atoms with Gasteiger partial charge in [-0.05, 0) is 29.5 Å². The molecule has 1 aromatic heterocycles. The Balaban J connectivity index is 1.67. The van der Waals surface area contributed by atoms with Crippen LogP contribution in [0.5, 0.6) is 0 Å². The third kappa shape index (κ3) is 5.95. The third-order valence-corrected chi connectivity index (χ3v) is 4.90. The zero-order valence-electron chi connectivity index (χ0n) is 17.1. The Morgan fingerprint density at radius 1 is 1.00 bits per heavy atom. The number of hydrogen-bond donors (Lipinski definition) is 3. The highest BCUT2D eigenvalue weighted by atomic mass is 16.2. The summed E-state index contributed by atoms with van der Waals surface area (Å²) in [4.78, 5) is 28.5. The van der Waals surface area contributed by atoms with Crippen LogP contribution in [0, 0.1) is 5.92 Å². The van der Waals surface area contributed by atoms with Crippen molar-refractivity contribution in [3.63, 3.8) is 0 Å². The largest absolute Gasteiger partial charge is 0.361 e. The Morgan fingerprint density at radius 3 is 2.48 bits per heavy atom. The van der Waals surface area contributed by atoms with Gasteiger partial charge < -0.3 is 15.6 Å². The van der Waals surface area contributed by atoms with Crippen LogP contribution in [0.4, 0.5) is 0 Å². The molecule has 0 bridgehead atoms. The van der Waals surface area contributed by atoms with Crippen LogP contribution in [0.15, 0.2) is 60.8 Å². The van der Waals surface area contributed by atoms with E-state index in [1.165, 1.54) is 5.56 Å². The van der Waals surface area contributed by atoms with Gasteiger partial charge in [0.15, 0.2) is 0 Å². The lowest BCUT2D eigenvalue weighted by Crippen LogP contribution is -2.48. The van der Waals surface area contributed by atoms with E-state index >= 15 is 0 Å². The first-order chi connectivity index (χ1) is 14.0. The predicted molar refractivity (Wildman–Crippen MR) is 117 cm³/mol. The summed E-state index contributed by atoms with van der Waals surface area (Å²) >= 11 is 0. The van der Waals surface area contributed by atoms with E-state index < -0.39 is 6.04 Å². The number of benzene rings is 2. The highest BCUT2D eigenvalue weighted by molar-refractivity contribution is 5.89. The molecule has 5 nitrogen and oxygen atoms in total. The standard InChI is InChI=1S/C24H29N3O2/c1-17(2)14-23(28)27-22(15-19-16-26-21-11-7-6-10-20(19)21)24(29)25-13-12-18-8-4-3-5-9-18/h3-11,16-17,22,26H,12-15H2,1-2H3,(H,25,29)(H,27,28)/t22-/m0/s1. The van der Waals surface area contributed by atoms with Crippen molar-refractivity contribution in [2.24, 2.45) is 5.92 Å². The van der Waals surface area contributed by atoms with Crippen molar-refractivity contribution in [1.29, 1.82) is 0 Å². The molecule has 0 unspecified atom stereocenters. The van der Waals surface area contributed by atoms with Gasteiger partial charge in [-0.25, -0.2) is 0 Å². The first-order valence-corrected chi connectivity index (χ1v) is 10.2. The number of fused-ring (bicyclic) bond motifs is 1. The molecular formula is C24H29N3O2. The van der Waals surface area contributed by atoms with Crippen LogP contribution >= 0.6 is 0 Å². The van der Waals surface area contributed by atoms with Crippen molar-refractivity contribution in [2.45, 2.75) is 39.2 Å². The predicted octanol–water partition coefficient (Wildman–Crippen LogP) is 3.60. The van der Waals surface area contributed by atoms with E-state index in [4.69, 9.17) is 0 Å². The second kappa shape index (κ2) is 9.92. The highest BCUT2D eigenvalue weighted by Gasteiger charge is 2.22. The molecule has 152 valence electrons. The summed E-state index contributed by atoms with van der Waals surface area (Å²) < 4.78 is 0. The maximum Gasteiger partial charge on any atom is 0.242 e. The number of carbonyl (C=O) groups is 2. The molecule has 0 saturated carbocycles. The normalized spacial score (nSPS) is 12.1. The average molecular weight is 392 g/mol. The summed E-state index contributed by atoms with van der Waals surface area (Å²) in [5.74, 6) is -0.00347. The third-order valence-electron chi connectivity index (χ3n) is 4.90. The van der Waals surface area contributed by atoms with Gasteiger partial charge in [-0.15, -0.1) is 0 Å². The highest BCUT2D eigenvalue weighted by Crippen LogP contribution is 2.19. The molecule has 3 N–H and O–H groups in total. The molecule has 3 aromatic rings. The minimum atomic E-state index is -0.601. The second-order valence-electron chi connectivity index (χ2n) is 7.81. The van der Waals surface area contributed by atoms with E-state index in [9.17, 15) is 9.59 Å². The molecule has 2 aromatic carbocycles. The fourth-order valence-corrected chi connectivity index (χ4v) is 3.45. The topological polar surface area (TPSA) is 74.0 Å². The van der Waals surface area contributed by atoms with Gasteiger partial charge in [-0.2, -0.15) is 0 Å². The number of hydrogen-bond acceptors (Lipinski definition) is 2. The van der Waals surface area contributed by atoms with Crippen LogP contribution in [0.2, 0.25) is 0 Å². The number of aromatic nitrogens is 1. The van der Waals surface area contributed by atoms with Gasteiger partial charge in [0.25, 0.3) is 0 Å². The van der Waals surface area contributed by atoms with Gasteiger partial charge in [0.2, 0.25) is 11.8 Å². The SMILES string of the molecule is CC(C)CC(=O)N[C@@H](Cc1c[nH]c2ccccc12)C(=O)NCCc1ccccc1. The van der Waals surface area contributed by atoms with Crippen molar-refractivity contribution in [3.8, 4) is 0 Å². The first kappa shape index (κ1) is 20.6. The monoisotopic (exact) mass is 391 g/mol. The van der Waals surface area contributed by atoms with E-state index in [1.807, 2.05) is 74.6 Å². The van der Waals surface area contributed by atoms with E-state index in [0.29, 0.717) is 19.4 Å². The number of nitrogens with one attached hydrogen (secondary N) is 3. The molecule has 2 amide bonds. The molecule has 5 heteroatoms. The minimum Gasteiger partial charge on any atom is -0.361 e.